The number of unbranched alkanes of at least 4 members (excludes halogenated alkanes) is 22. The Morgan fingerprint density at radius 2 is 0.557 bits per heavy atom. The smallest absolute Gasteiger partial charge is 0.306 e. The molecular formula is C64H106O6. The SMILES string of the molecule is CC/C=C\C/C=C\C/C=C\C/C=C\C/C=C\C/C=C\C/C=C\CCCCCCCC(=O)OCC(COC(=O)CCCCCCCCCCC)OC(=O)CCCCCCC/C=C\C/C=C\CCCCCC. The number of allylic oxidation sites excluding steroid dienone is 18. The molecule has 0 aliphatic carbocycles. The molecule has 0 aromatic carbocycles. The molecule has 398 valence electrons. The van der Waals surface area contributed by atoms with E-state index in [9.17, 15) is 14.4 Å². The Hall–Kier alpha value is -3.93. The third-order valence-corrected chi connectivity index (χ3v) is 12.0. The standard InChI is InChI=1S/C64H106O6/c1-4-7-10-13-16-19-21-23-25-27-28-29-30-31-32-33-34-35-36-37-39-40-42-45-48-51-54-57-63(66)69-60-61(59-68-62(65)56-53-50-47-44-18-15-12-9-6-3)70-64(67)58-55-52-49-46-43-41-38-26-24-22-20-17-14-11-8-5-2/h7,10,16,19-20,22-23,25-26,28-29,31-32,34-35,37-39,61H,4-6,8-9,11-15,17-18,21,24,27,30,33,36,40-60H2,1-3H3/b10-7-,19-16-,22-20-,25-23-,29-28-,32-31-,35-34-,38-26-,39-37-. The zero-order valence-corrected chi connectivity index (χ0v) is 45.5. The Morgan fingerprint density at radius 1 is 0.300 bits per heavy atom. The Kier molecular flexibility index (Phi) is 54.4. The van der Waals surface area contributed by atoms with Gasteiger partial charge in [0.2, 0.25) is 0 Å². The summed E-state index contributed by atoms with van der Waals surface area (Å²) in [7, 11) is 0. The predicted molar refractivity (Wildman–Crippen MR) is 302 cm³/mol. The minimum atomic E-state index is -0.793. The molecular weight excluding hydrogens is 865 g/mol. The number of carbonyl (C=O) groups excluding carboxylic acids is 3. The summed E-state index contributed by atoms with van der Waals surface area (Å²) in [4.78, 5) is 38.0. The van der Waals surface area contributed by atoms with Crippen molar-refractivity contribution in [2.75, 3.05) is 13.2 Å². The first-order chi connectivity index (χ1) is 34.5. The Bertz CT molecular complexity index is 1440. The summed E-state index contributed by atoms with van der Waals surface area (Å²) >= 11 is 0. The fourth-order valence-corrected chi connectivity index (χ4v) is 7.69. The van der Waals surface area contributed by atoms with E-state index in [0.717, 1.165) is 148 Å². The van der Waals surface area contributed by atoms with Crippen LogP contribution in [0.2, 0.25) is 0 Å². The summed E-state index contributed by atoms with van der Waals surface area (Å²) in [6.07, 6.45) is 78.0. The Balaban J connectivity index is 4.32. The summed E-state index contributed by atoms with van der Waals surface area (Å²) in [6, 6.07) is 0. The van der Waals surface area contributed by atoms with Gasteiger partial charge in [-0.05, 0) is 109 Å². The summed E-state index contributed by atoms with van der Waals surface area (Å²) < 4.78 is 16.8. The van der Waals surface area contributed by atoms with Crippen LogP contribution in [0.15, 0.2) is 109 Å². The van der Waals surface area contributed by atoms with Crippen molar-refractivity contribution in [1.82, 2.24) is 0 Å². The third kappa shape index (κ3) is 55.0. The predicted octanol–water partition coefficient (Wildman–Crippen LogP) is 19.5. The highest BCUT2D eigenvalue weighted by atomic mass is 16.6. The van der Waals surface area contributed by atoms with Crippen LogP contribution in [0.3, 0.4) is 0 Å². The van der Waals surface area contributed by atoms with Gasteiger partial charge in [-0.3, -0.25) is 14.4 Å². The molecule has 70 heavy (non-hydrogen) atoms. The van der Waals surface area contributed by atoms with Crippen molar-refractivity contribution < 1.29 is 28.6 Å². The lowest BCUT2D eigenvalue weighted by Crippen LogP contribution is -2.30. The molecule has 6 nitrogen and oxygen atoms in total. The second-order valence-electron chi connectivity index (χ2n) is 18.8. The average molecular weight is 972 g/mol. The van der Waals surface area contributed by atoms with E-state index in [4.69, 9.17) is 14.2 Å². The van der Waals surface area contributed by atoms with Crippen molar-refractivity contribution in [3.63, 3.8) is 0 Å². The zero-order chi connectivity index (χ0) is 50.7. The maximum atomic E-state index is 12.8. The fourth-order valence-electron chi connectivity index (χ4n) is 7.69. The molecule has 0 heterocycles. The highest BCUT2D eigenvalue weighted by Gasteiger charge is 2.19. The van der Waals surface area contributed by atoms with Gasteiger partial charge in [0.25, 0.3) is 0 Å². The van der Waals surface area contributed by atoms with Gasteiger partial charge >= 0.3 is 17.9 Å². The lowest BCUT2D eigenvalue weighted by Gasteiger charge is -2.18. The third-order valence-electron chi connectivity index (χ3n) is 12.0. The highest BCUT2D eigenvalue weighted by Crippen LogP contribution is 2.14. The fraction of sp³-hybridized carbons (Fsp3) is 0.672. The molecule has 0 bridgehead atoms. The topological polar surface area (TPSA) is 78.9 Å². The van der Waals surface area contributed by atoms with Gasteiger partial charge in [-0.15, -0.1) is 0 Å². The second kappa shape index (κ2) is 57.6. The molecule has 0 N–H and O–H groups in total. The Labute approximate surface area is 431 Å². The quantitative estimate of drug-likeness (QED) is 0.0262. The van der Waals surface area contributed by atoms with E-state index in [0.29, 0.717) is 19.3 Å². The van der Waals surface area contributed by atoms with Gasteiger partial charge < -0.3 is 14.2 Å². The number of hydrogen-bond donors (Lipinski definition) is 0. The first-order valence-electron chi connectivity index (χ1n) is 28.9. The maximum Gasteiger partial charge on any atom is 0.306 e. The number of esters is 3. The van der Waals surface area contributed by atoms with Crippen LogP contribution in [-0.2, 0) is 28.6 Å². The molecule has 0 aromatic heterocycles. The lowest BCUT2D eigenvalue weighted by molar-refractivity contribution is -0.167. The van der Waals surface area contributed by atoms with Gasteiger partial charge in [-0.25, -0.2) is 0 Å². The van der Waals surface area contributed by atoms with E-state index in [1.165, 1.54) is 70.6 Å². The van der Waals surface area contributed by atoms with Crippen LogP contribution in [0.1, 0.15) is 258 Å². The van der Waals surface area contributed by atoms with Gasteiger partial charge in [0.1, 0.15) is 13.2 Å². The molecule has 0 fully saturated rings. The minimum Gasteiger partial charge on any atom is -0.462 e. The van der Waals surface area contributed by atoms with E-state index in [1.54, 1.807) is 0 Å². The molecule has 1 unspecified atom stereocenters. The Morgan fingerprint density at radius 3 is 0.886 bits per heavy atom. The first-order valence-corrected chi connectivity index (χ1v) is 28.9. The van der Waals surface area contributed by atoms with Gasteiger partial charge in [0.05, 0.1) is 0 Å². The van der Waals surface area contributed by atoms with Crippen LogP contribution in [0.25, 0.3) is 0 Å². The van der Waals surface area contributed by atoms with Crippen LogP contribution in [0, 0.1) is 0 Å². The average Bonchev–Trinajstić information content (AvgIpc) is 3.36. The van der Waals surface area contributed by atoms with E-state index in [2.05, 4.69) is 130 Å². The molecule has 0 saturated carbocycles. The number of carbonyl (C=O) groups is 3. The normalized spacial score (nSPS) is 12.9. The van der Waals surface area contributed by atoms with E-state index < -0.39 is 6.10 Å². The summed E-state index contributed by atoms with van der Waals surface area (Å²) in [6.45, 7) is 6.46. The molecule has 6 heteroatoms. The van der Waals surface area contributed by atoms with Gasteiger partial charge in [-0.1, -0.05) is 239 Å². The number of rotatable bonds is 51. The van der Waals surface area contributed by atoms with Crippen molar-refractivity contribution in [3.8, 4) is 0 Å². The molecule has 1 atom stereocenters. The van der Waals surface area contributed by atoms with Crippen LogP contribution >= 0.6 is 0 Å². The number of ether oxygens (including phenoxy) is 3. The van der Waals surface area contributed by atoms with Crippen molar-refractivity contribution in [2.45, 2.75) is 264 Å². The largest absolute Gasteiger partial charge is 0.462 e. The molecule has 0 amide bonds. The van der Waals surface area contributed by atoms with E-state index in [1.807, 2.05) is 0 Å². The molecule has 0 radical (unpaired) electrons. The van der Waals surface area contributed by atoms with Gasteiger partial charge in [0.15, 0.2) is 6.10 Å². The minimum absolute atomic E-state index is 0.0899. The summed E-state index contributed by atoms with van der Waals surface area (Å²) in [5.41, 5.74) is 0. The molecule has 0 aliphatic heterocycles. The van der Waals surface area contributed by atoms with Crippen LogP contribution in [0.4, 0.5) is 0 Å². The summed E-state index contributed by atoms with van der Waals surface area (Å²) in [5.74, 6) is -0.927. The van der Waals surface area contributed by atoms with Crippen LogP contribution < -0.4 is 0 Å². The van der Waals surface area contributed by atoms with Crippen molar-refractivity contribution >= 4 is 17.9 Å². The van der Waals surface area contributed by atoms with Crippen molar-refractivity contribution in [3.05, 3.63) is 109 Å². The molecule has 0 aliphatic rings. The van der Waals surface area contributed by atoms with Crippen molar-refractivity contribution in [1.29, 1.82) is 0 Å². The van der Waals surface area contributed by atoms with E-state index in [-0.39, 0.29) is 31.1 Å². The monoisotopic (exact) mass is 971 g/mol. The van der Waals surface area contributed by atoms with Crippen LogP contribution in [-0.4, -0.2) is 37.2 Å². The summed E-state index contributed by atoms with van der Waals surface area (Å²) in [5, 5.41) is 0. The number of hydrogen-bond acceptors (Lipinski definition) is 6. The molecule has 0 spiro atoms. The lowest BCUT2D eigenvalue weighted by atomic mass is 10.1. The van der Waals surface area contributed by atoms with Crippen LogP contribution in [0.5, 0.6) is 0 Å². The molecule has 0 saturated heterocycles. The molecule has 0 aromatic rings. The van der Waals surface area contributed by atoms with E-state index >= 15 is 0 Å². The van der Waals surface area contributed by atoms with Gasteiger partial charge in [0, 0.05) is 19.3 Å². The zero-order valence-electron chi connectivity index (χ0n) is 45.5. The van der Waals surface area contributed by atoms with Crippen molar-refractivity contribution in [2.24, 2.45) is 0 Å². The molecule has 0 rings (SSSR count). The first kappa shape index (κ1) is 66.1. The second-order valence-corrected chi connectivity index (χ2v) is 18.8. The highest BCUT2D eigenvalue weighted by molar-refractivity contribution is 5.71. The maximum absolute atomic E-state index is 12.8. The van der Waals surface area contributed by atoms with Gasteiger partial charge in [-0.2, -0.15) is 0 Å².